The molecule has 4 aromatic rings. The summed E-state index contributed by atoms with van der Waals surface area (Å²) >= 11 is 0. The number of aliphatic hydroxyl groups is 2. The minimum atomic E-state index is -3.49. The lowest BCUT2D eigenvalue weighted by Crippen LogP contribution is -2.35. The molecule has 0 radical (unpaired) electrons. The van der Waals surface area contributed by atoms with Crippen LogP contribution < -0.4 is 10.6 Å². The first-order valence-electron chi connectivity index (χ1n) is 14.5. The van der Waals surface area contributed by atoms with Crippen molar-refractivity contribution in [3.05, 3.63) is 60.8 Å². The fourth-order valence-corrected chi connectivity index (χ4v) is 6.66. The molecule has 0 saturated heterocycles. The van der Waals surface area contributed by atoms with E-state index in [1.807, 2.05) is 19.1 Å². The number of hydrogen-bond acceptors (Lipinski definition) is 11. The molecule has 43 heavy (non-hydrogen) atoms. The molecule has 0 unspecified atom stereocenters. The summed E-state index contributed by atoms with van der Waals surface area (Å²) in [5, 5.41) is 31.6. The van der Waals surface area contributed by atoms with Gasteiger partial charge in [-0.1, -0.05) is 0 Å². The Bertz CT molecular complexity index is 1730. The maximum Gasteiger partial charge on any atom is 0.256 e. The van der Waals surface area contributed by atoms with Crippen LogP contribution in [0.4, 0.5) is 17.3 Å². The van der Waals surface area contributed by atoms with Gasteiger partial charge in [0.2, 0.25) is 0 Å². The lowest BCUT2D eigenvalue weighted by atomic mass is 9.83. The highest BCUT2D eigenvalue weighted by molar-refractivity contribution is 7.90. The lowest BCUT2D eigenvalue weighted by molar-refractivity contribution is 0.0196. The minimum absolute atomic E-state index is 0.154. The summed E-state index contributed by atoms with van der Waals surface area (Å²) in [4.78, 5) is 18.1. The number of rotatable bonds is 9. The van der Waals surface area contributed by atoms with Crippen molar-refractivity contribution in [2.24, 2.45) is 0 Å². The van der Waals surface area contributed by atoms with Crippen molar-refractivity contribution in [3.63, 3.8) is 0 Å². The Balaban J connectivity index is 1.28. The van der Waals surface area contributed by atoms with Crippen LogP contribution in [0.25, 0.3) is 22.6 Å². The van der Waals surface area contributed by atoms with Gasteiger partial charge < -0.3 is 20.8 Å². The van der Waals surface area contributed by atoms with Gasteiger partial charge in [-0.05, 0) is 83.1 Å². The summed E-state index contributed by atoms with van der Waals surface area (Å²) in [7, 11) is -3.49. The Kier molecular flexibility index (Phi) is 7.43. The summed E-state index contributed by atoms with van der Waals surface area (Å²) in [5.74, 6) is 1.34. The van der Waals surface area contributed by atoms with Crippen molar-refractivity contribution < 1.29 is 18.6 Å². The molecule has 4 heterocycles. The van der Waals surface area contributed by atoms with Gasteiger partial charge in [0.25, 0.3) is 10.0 Å². The third kappa shape index (κ3) is 6.53. The number of anilines is 3. The van der Waals surface area contributed by atoms with Crippen molar-refractivity contribution >= 4 is 27.3 Å². The number of nitrogens with zero attached hydrogens (tertiary/aromatic N) is 6. The summed E-state index contributed by atoms with van der Waals surface area (Å²) in [6.07, 6.45) is 12.2. The quantitative estimate of drug-likeness (QED) is 0.216. The van der Waals surface area contributed by atoms with Crippen LogP contribution in [0, 0.1) is 0 Å². The van der Waals surface area contributed by atoms with Crippen LogP contribution in [-0.2, 0) is 15.6 Å². The Labute approximate surface area is 250 Å². The first kappa shape index (κ1) is 29.1. The average molecular weight is 605 g/mol. The van der Waals surface area contributed by atoms with E-state index in [2.05, 4.69) is 35.7 Å². The number of hydrogen-bond donors (Lipinski definition) is 4. The van der Waals surface area contributed by atoms with Crippen molar-refractivity contribution in [2.75, 3.05) is 10.6 Å². The van der Waals surface area contributed by atoms with Crippen LogP contribution in [0.3, 0.4) is 0 Å². The third-order valence-corrected chi connectivity index (χ3v) is 10.0. The van der Waals surface area contributed by atoms with E-state index in [-0.39, 0.29) is 11.3 Å². The molecule has 226 valence electrons. The summed E-state index contributed by atoms with van der Waals surface area (Å²) in [6, 6.07) is 7.40. The highest BCUT2D eigenvalue weighted by Gasteiger charge is 2.37. The van der Waals surface area contributed by atoms with E-state index in [0.717, 1.165) is 33.7 Å². The van der Waals surface area contributed by atoms with Gasteiger partial charge in [0.15, 0.2) is 5.82 Å². The van der Waals surface area contributed by atoms with Gasteiger partial charge in [-0.2, -0.15) is 9.19 Å². The monoisotopic (exact) mass is 604 g/mol. The summed E-state index contributed by atoms with van der Waals surface area (Å²) in [5.41, 5.74) is 1.81. The molecular weight excluding hydrogens is 568 g/mol. The topological polar surface area (TPSA) is 168 Å². The van der Waals surface area contributed by atoms with Gasteiger partial charge in [-0.3, -0.25) is 4.98 Å². The third-order valence-electron chi connectivity index (χ3n) is 8.01. The van der Waals surface area contributed by atoms with Crippen molar-refractivity contribution in [1.82, 2.24) is 29.1 Å². The Morgan fingerprint density at radius 2 is 1.74 bits per heavy atom. The second-order valence-corrected chi connectivity index (χ2v) is 14.3. The smallest absolute Gasteiger partial charge is 0.256 e. The number of nitrogens with one attached hydrogen (secondary N) is 2. The van der Waals surface area contributed by atoms with Gasteiger partial charge in [-0.15, -0.1) is 0 Å². The van der Waals surface area contributed by atoms with E-state index in [1.54, 1.807) is 44.6 Å². The molecule has 2 saturated carbocycles. The van der Waals surface area contributed by atoms with Gasteiger partial charge >= 0.3 is 0 Å². The van der Waals surface area contributed by atoms with Crippen molar-refractivity contribution in [2.45, 2.75) is 81.8 Å². The predicted octanol–water partition coefficient (Wildman–Crippen LogP) is 4.21. The van der Waals surface area contributed by atoms with E-state index >= 15 is 0 Å². The predicted molar refractivity (Wildman–Crippen MR) is 163 cm³/mol. The second-order valence-electron chi connectivity index (χ2n) is 12.3. The summed E-state index contributed by atoms with van der Waals surface area (Å²) in [6.45, 7) is 5.34. The Hall–Kier alpha value is -3.94. The minimum Gasteiger partial charge on any atom is -0.390 e. The zero-order valence-electron chi connectivity index (χ0n) is 24.4. The van der Waals surface area contributed by atoms with E-state index in [4.69, 9.17) is 0 Å². The number of aromatic nitrogens is 6. The molecule has 4 aromatic heterocycles. The Morgan fingerprint density at radius 1 is 1.00 bits per heavy atom. The molecule has 0 atom stereocenters. The number of pyridine rings is 2. The molecule has 13 heteroatoms. The fourth-order valence-electron chi connectivity index (χ4n) is 5.19. The molecule has 4 N–H and O–H groups in total. The summed E-state index contributed by atoms with van der Waals surface area (Å²) < 4.78 is 26.1. The van der Waals surface area contributed by atoms with Crippen LogP contribution in [0.15, 0.2) is 55.2 Å². The van der Waals surface area contributed by atoms with Crippen LogP contribution in [0.2, 0.25) is 0 Å². The fraction of sp³-hybridized carbons (Fsp3) is 0.433. The first-order valence-corrected chi connectivity index (χ1v) is 16.0. The highest BCUT2D eigenvalue weighted by atomic mass is 32.2. The molecule has 2 aliphatic carbocycles. The van der Waals surface area contributed by atoms with Crippen LogP contribution in [0.1, 0.15) is 64.9 Å². The normalized spacial score (nSPS) is 21.0. The van der Waals surface area contributed by atoms with E-state index in [1.165, 1.54) is 12.4 Å². The van der Waals surface area contributed by atoms with E-state index in [0.29, 0.717) is 54.4 Å². The van der Waals surface area contributed by atoms with E-state index < -0.39 is 21.2 Å². The lowest BCUT2D eigenvalue weighted by Gasteiger charge is -2.34. The Morgan fingerprint density at radius 3 is 2.47 bits per heavy atom. The SMILES string of the molecule is CC1(O)CCC(Nc2cc(Nc3ccnc(-c4cnn(S(=O)(=O)C5CC5)c4)n3)ncc2-c2cc(C(C)(C)O)ccn2)CC1. The zero-order chi connectivity index (χ0) is 30.4. The molecule has 12 nitrogen and oxygen atoms in total. The zero-order valence-corrected chi connectivity index (χ0v) is 25.2. The second kappa shape index (κ2) is 11.0. The maximum atomic E-state index is 12.6. The van der Waals surface area contributed by atoms with Gasteiger partial charge in [0.05, 0.1) is 40.1 Å². The molecule has 6 rings (SSSR count). The highest BCUT2D eigenvalue weighted by Crippen LogP contribution is 2.35. The molecule has 0 aromatic carbocycles. The van der Waals surface area contributed by atoms with Crippen LogP contribution in [0.5, 0.6) is 0 Å². The molecule has 0 amide bonds. The van der Waals surface area contributed by atoms with Crippen LogP contribution >= 0.6 is 0 Å². The largest absolute Gasteiger partial charge is 0.390 e. The van der Waals surface area contributed by atoms with Crippen molar-refractivity contribution in [3.8, 4) is 22.6 Å². The van der Waals surface area contributed by atoms with Gasteiger partial charge in [-0.25, -0.2) is 23.4 Å². The van der Waals surface area contributed by atoms with Gasteiger partial charge in [0, 0.05) is 41.9 Å². The maximum absolute atomic E-state index is 12.6. The van der Waals surface area contributed by atoms with Crippen molar-refractivity contribution in [1.29, 1.82) is 0 Å². The first-order chi connectivity index (χ1) is 20.4. The average Bonchev–Trinajstić information content (AvgIpc) is 3.71. The standard InChI is InChI=1S/C30H36N8O4S/c1-29(2,39)20-8-12-31-24(14-20)23-17-33-27(15-25(23)35-21-6-10-30(3,40)11-7-21)36-26-9-13-32-28(37-26)19-16-34-38(18-19)43(41,42)22-4-5-22/h8-9,12-18,21-22,39-40H,4-7,10-11H2,1-3H3,(H2,32,33,35,36,37). The van der Waals surface area contributed by atoms with E-state index in [9.17, 15) is 18.6 Å². The molecule has 0 spiro atoms. The molecule has 2 aliphatic rings. The molecule has 0 bridgehead atoms. The molecule has 0 aliphatic heterocycles. The molecule has 2 fully saturated rings. The van der Waals surface area contributed by atoms with Crippen LogP contribution in [-0.4, -0.2) is 64.6 Å². The molecular formula is C30H36N8O4S. The van der Waals surface area contributed by atoms with Gasteiger partial charge in [0.1, 0.15) is 11.6 Å².